The molecule has 1 N–H and O–H groups in total. The summed E-state index contributed by atoms with van der Waals surface area (Å²) in [5.41, 5.74) is 0. The Morgan fingerprint density at radius 3 is 3.42 bits per heavy atom. The minimum absolute atomic E-state index is 0.640. The van der Waals surface area contributed by atoms with Crippen molar-refractivity contribution in [1.29, 1.82) is 0 Å². The number of rotatable bonds is 4. The van der Waals surface area contributed by atoms with Gasteiger partial charge in [-0.15, -0.1) is 6.42 Å². The van der Waals surface area contributed by atoms with Gasteiger partial charge in [0.2, 0.25) is 0 Å². The molecule has 0 aliphatic rings. The van der Waals surface area contributed by atoms with E-state index in [1.807, 2.05) is 4.68 Å². The fourth-order valence-electron chi connectivity index (χ4n) is 0.714. The summed E-state index contributed by atoms with van der Waals surface area (Å²) in [4.78, 5) is 4.10. The number of nitrogens with one attached hydrogen (secondary N) is 1. The summed E-state index contributed by atoms with van der Waals surface area (Å²) >= 11 is 1.51. The van der Waals surface area contributed by atoms with Gasteiger partial charge in [0.1, 0.15) is 6.54 Å². The van der Waals surface area contributed by atoms with Gasteiger partial charge in [0.05, 0.1) is 5.75 Å². The fraction of sp³-hybridized carbons (Fsp3) is 0.250. The van der Waals surface area contributed by atoms with Gasteiger partial charge in [0.25, 0.3) is 0 Å². The van der Waals surface area contributed by atoms with Crippen molar-refractivity contribution >= 4 is 11.8 Å². The highest BCUT2D eigenvalue weighted by Gasteiger charge is 2.05. The Morgan fingerprint density at radius 2 is 2.75 bits per heavy atom. The summed E-state index contributed by atoms with van der Waals surface area (Å²) < 4.78 is 1.84. The van der Waals surface area contributed by atoms with E-state index in [-0.39, 0.29) is 0 Å². The summed E-state index contributed by atoms with van der Waals surface area (Å²) in [6.45, 7) is 4.36. The van der Waals surface area contributed by atoms with E-state index in [0.29, 0.717) is 5.75 Å². The van der Waals surface area contributed by atoms with Crippen LogP contribution in [0.5, 0.6) is 0 Å². The van der Waals surface area contributed by atoms with E-state index >= 15 is 0 Å². The number of allylic oxidation sites excluding steroid dienone is 1. The Labute approximate surface area is 75.9 Å². The van der Waals surface area contributed by atoms with Crippen molar-refractivity contribution in [3.63, 3.8) is 0 Å². The molecule has 0 atom stereocenters. The second-order valence-corrected chi connectivity index (χ2v) is 3.06. The van der Waals surface area contributed by atoms with Crippen LogP contribution in [-0.4, -0.2) is 15.8 Å². The molecular formula is C8H10N3S+. The van der Waals surface area contributed by atoms with Gasteiger partial charge in [-0.1, -0.05) is 12.5 Å². The molecule has 62 valence electrons. The van der Waals surface area contributed by atoms with E-state index in [2.05, 4.69) is 22.6 Å². The number of thioether (sulfide) groups is 1. The molecule has 12 heavy (non-hydrogen) atoms. The third kappa shape index (κ3) is 2.44. The van der Waals surface area contributed by atoms with Crippen LogP contribution in [0.25, 0.3) is 0 Å². The second kappa shape index (κ2) is 4.62. The van der Waals surface area contributed by atoms with Gasteiger partial charge in [-0.25, -0.2) is 0 Å². The Balaban J connectivity index is 2.53. The molecule has 0 aliphatic heterocycles. The monoisotopic (exact) mass is 180 g/mol. The minimum atomic E-state index is 0.640. The van der Waals surface area contributed by atoms with Crippen molar-refractivity contribution in [1.82, 2.24) is 10.1 Å². The van der Waals surface area contributed by atoms with Crippen molar-refractivity contribution in [2.45, 2.75) is 11.7 Å². The number of nitrogens with zero attached hydrogens (tertiary/aromatic N) is 2. The molecule has 1 aromatic rings. The van der Waals surface area contributed by atoms with E-state index in [1.165, 1.54) is 11.8 Å². The molecule has 0 bridgehead atoms. The van der Waals surface area contributed by atoms with Crippen LogP contribution in [0.2, 0.25) is 0 Å². The van der Waals surface area contributed by atoms with Crippen LogP contribution >= 0.6 is 11.8 Å². The number of H-pyrrole nitrogens is 1. The Morgan fingerprint density at radius 1 is 1.92 bits per heavy atom. The van der Waals surface area contributed by atoms with Crippen molar-refractivity contribution in [2.75, 3.05) is 5.75 Å². The van der Waals surface area contributed by atoms with Crippen LogP contribution in [0, 0.1) is 12.3 Å². The van der Waals surface area contributed by atoms with Crippen LogP contribution in [-0.2, 0) is 6.54 Å². The lowest BCUT2D eigenvalue weighted by Gasteiger charge is -1.85. The van der Waals surface area contributed by atoms with Gasteiger partial charge in [0, 0.05) is 0 Å². The Kier molecular flexibility index (Phi) is 3.42. The number of hydrogen-bond acceptors (Lipinski definition) is 2. The van der Waals surface area contributed by atoms with Gasteiger partial charge in [0.15, 0.2) is 0 Å². The molecule has 0 amide bonds. The lowest BCUT2D eigenvalue weighted by Crippen LogP contribution is -2.33. The molecule has 0 aromatic carbocycles. The third-order valence-electron chi connectivity index (χ3n) is 1.17. The SMILES string of the molecule is C#CCSc1nc[n+](CC=C)[nH]1. The first-order chi connectivity index (χ1) is 5.86. The molecule has 0 saturated heterocycles. The zero-order valence-electron chi connectivity index (χ0n) is 6.66. The molecule has 0 fully saturated rings. The predicted molar refractivity (Wildman–Crippen MR) is 48.5 cm³/mol. The zero-order valence-corrected chi connectivity index (χ0v) is 7.47. The first-order valence-electron chi connectivity index (χ1n) is 3.48. The highest BCUT2D eigenvalue weighted by Crippen LogP contribution is 2.07. The average molecular weight is 180 g/mol. The molecule has 1 rings (SSSR count). The van der Waals surface area contributed by atoms with Crippen LogP contribution < -0.4 is 4.68 Å². The lowest BCUT2D eigenvalue weighted by molar-refractivity contribution is -0.744. The Hall–Kier alpha value is -1.21. The average Bonchev–Trinajstić information content (AvgIpc) is 2.50. The maximum atomic E-state index is 5.11. The topological polar surface area (TPSA) is 32.6 Å². The summed E-state index contributed by atoms with van der Waals surface area (Å²) in [5.74, 6) is 3.17. The lowest BCUT2D eigenvalue weighted by atomic mass is 10.6. The summed E-state index contributed by atoms with van der Waals surface area (Å²) in [6, 6.07) is 0. The van der Waals surface area contributed by atoms with Gasteiger partial charge in [-0.2, -0.15) is 9.78 Å². The molecule has 4 heteroatoms. The first kappa shape index (κ1) is 8.88. The number of aromatic nitrogens is 3. The van der Waals surface area contributed by atoms with Crippen molar-refractivity contribution in [3.8, 4) is 12.3 Å². The normalized spacial score (nSPS) is 9.25. The van der Waals surface area contributed by atoms with Crippen LogP contribution in [0.15, 0.2) is 24.1 Å². The van der Waals surface area contributed by atoms with Crippen molar-refractivity contribution < 1.29 is 4.68 Å². The molecule has 0 radical (unpaired) electrons. The second-order valence-electron chi connectivity index (χ2n) is 2.10. The fourth-order valence-corrected chi connectivity index (χ4v) is 1.24. The van der Waals surface area contributed by atoms with Crippen LogP contribution in [0.4, 0.5) is 0 Å². The largest absolute Gasteiger partial charge is 0.311 e. The minimum Gasteiger partial charge on any atom is -0.182 e. The highest BCUT2D eigenvalue weighted by atomic mass is 32.2. The highest BCUT2D eigenvalue weighted by molar-refractivity contribution is 7.99. The predicted octanol–water partition coefficient (Wildman–Crippen LogP) is 0.608. The standard InChI is InChI=1S/C8H9N3S/c1-3-5-11-7-9-8(10-11)12-6-4-2/h2-3,7H,1,5-6H2/p+1. The summed E-state index contributed by atoms with van der Waals surface area (Å²) in [7, 11) is 0. The van der Waals surface area contributed by atoms with Gasteiger partial charge < -0.3 is 0 Å². The summed E-state index contributed by atoms with van der Waals surface area (Å²) in [6.07, 6.45) is 8.63. The molecule has 1 heterocycles. The molecule has 1 aromatic heterocycles. The molecular weight excluding hydrogens is 170 g/mol. The molecule has 0 unspecified atom stereocenters. The van der Waals surface area contributed by atoms with E-state index in [1.54, 1.807) is 12.4 Å². The van der Waals surface area contributed by atoms with E-state index in [4.69, 9.17) is 6.42 Å². The van der Waals surface area contributed by atoms with Crippen LogP contribution in [0.1, 0.15) is 0 Å². The van der Waals surface area contributed by atoms with Crippen LogP contribution in [0.3, 0.4) is 0 Å². The van der Waals surface area contributed by atoms with E-state index in [9.17, 15) is 0 Å². The molecule has 0 aliphatic carbocycles. The first-order valence-corrected chi connectivity index (χ1v) is 4.47. The smallest absolute Gasteiger partial charge is 0.182 e. The maximum Gasteiger partial charge on any atom is 0.311 e. The number of aromatic amines is 1. The van der Waals surface area contributed by atoms with E-state index < -0.39 is 0 Å². The van der Waals surface area contributed by atoms with Gasteiger partial charge >= 0.3 is 11.5 Å². The van der Waals surface area contributed by atoms with Gasteiger partial charge in [-0.05, 0) is 22.8 Å². The molecule has 0 saturated carbocycles. The molecule has 3 nitrogen and oxygen atoms in total. The third-order valence-corrected chi connectivity index (χ3v) is 1.95. The number of hydrogen-bond donors (Lipinski definition) is 1. The van der Waals surface area contributed by atoms with Gasteiger partial charge in [-0.3, -0.25) is 0 Å². The summed E-state index contributed by atoms with van der Waals surface area (Å²) in [5, 5.41) is 3.89. The van der Waals surface area contributed by atoms with Crippen molar-refractivity contribution in [2.24, 2.45) is 0 Å². The molecule has 0 spiro atoms. The quantitative estimate of drug-likeness (QED) is 0.319. The zero-order chi connectivity index (χ0) is 8.81. The van der Waals surface area contributed by atoms with E-state index in [0.717, 1.165) is 11.7 Å². The number of terminal acetylenes is 1. The Bertz CT molecular complexity index is 297. The van der Waals surface area contributed by atoms with Crippen molar-refractivity contribution in [3.05, 3.63) is 19.0 Å². The maximum absolute atomic E-state index is 5.11.